The predicted octanol–water partition coefficient (Wildman–Crippen LogP) is 4.25. The van der Waals surface area contributed by atoms with Gasteiger partial charge >= 0.3 is 0 Å². The van der Waals surface area contributed by atoms with E-state index in [2.05, 4.69) is 0 Å². The fourth-order valence-electron chi connectivity index (χ4n) is 5.95. The van der Waals surface area contributed by atoms with Gasteiger partial charge in [0.2, 0.25) is 0 Å². The third-order valence-corrected chi connectivity index (χ3v) is 6.38. The molecule has 15 heavy (non-hydrogen) atoms. The molecule has 0 amide bonds. The van der Waals surface area contributed by atoms with Gasteiger partial charge in [0.25, 0.3) is 0 Å². The van der Waals surface area contributed by atoms with Crippen LogP contribution >= 0.6 is 0 Å². The van der Waals surface area contributed by atoms with Gasteiger partial charge < -0.3 is 0 Å². The number of fused-ring (bicyclic) bond motifs is 1. The van der Waals surface area contributed by atoms with E-state index < -0.39 is 0 Å². The number of hydrogen-bond acceptors (Lipinski definition) is 0. The summed E-state index contributed by atoms with van der Waals surface area (Å²) in [7, 11) is 0. The molecule has 0 heteroatoms. The fourth-order valence-corrected chi connectivity index (χ4v) is 5.95. The van der Waals surface area contributed by atoms with E-state index in [1.54, 1.807) is 51.4 Å². The Bertz CT molecular complexity index is 249. The maximum atomic E-state index is 1.65. The van der Waals surface area contributed by atoms with Crippen LogP contribution in [-0.2, 0) is 0 Å². The molecule has 4 aliphatic rings. The van der Waals surface area contributed by atoms with Gasteiger partial charge in [0.05, 0.1) is 0 Å². The Kier molecular flexibility index (Phi) is 1.96. The van der Waals surface area contributed by atoms with Crippen molar-refractivity contribution in [1.29, 1.82) is 0 Å². The van der Waals surface area contributed by atoms with Crippen LogP contribution in [-0.4, -0.2) is 0 Å². The molecule has 5 unspecified atom stereocenters. The van der Waals surface area contributed by atoms with E-state index in [1.165, 1.54) is 36.0 Å². The molecule has 0 aromatic carbocycles. The molecule has 0 spiro atoms. The molecule has 0 nitrogen and oxygen atoms in total. The standard InChI is InChI=1S/C15H24/c1-2-4-11(5-3-1)14-9-12-6-10-7-13(12)15(14)8-10/h10-15H,1-9H2. The lowest BCUT2D eigenvalue weighted by Crippen LogP contribution is -2.22. The van der Waals surface area contributed by atoms with Crippen LogP contribution in [0.4, 0.5) is 0 Å². The molecule has 0 aromatic heterocycles. The minimum Gasteiger partial charge on any atom is -0.0533 e. The Morgan fingerprint density at radius 1 is 0.533 bits per heavy atom. The van der Waals surface area contributed by atoms with Crippen LogP contribution in [0.5, 0.6) is 0 Å². The molecule has 4 saturated carbocycles. The second-order valence-electron chi connectivity index (χ2n) is 6.96. The smallest absolute Gasteiger partial charge is 0.0349 e. The largest absolute Gasteiger partial charge is 0.0533 e. The monoisotopic (exact) mass is 204 g/mol. The Labute approximate surface area is 93.8 Å². The zero-order chi connectivity index (χ0) is 9.83. The Hall–Kier alpha value is 0. The first-order valence-corrected chi connectivity index (χ1v) is 7.42. The van der Waals surface area contributed by atoms with Crippen LogP contribution in [0.2, 0.25) is 0 Å². The summed E-state index contributed by atoms with van der Waals surface area (Å²) in [6.45, 7) is 0. The van der Waals surface area contributed by atoms with Crippen LogP contribution < -0.4 is 0 Å². The molecule has 2 bridgehead atoms. The van der Waals surface area contributed by atoms with Crippen molar-refractivity contribution in [1.82, 2.24) is 0 Å². The summed E-state index contributed by atoms with van der Waals surface area (Å²) in [5.41, 5.74) is 0. The van der Waals surface area contributed by atoms with Gasteiger partial charge in [-0.15, -0.1) is 0 Å². The highest BCUT2D eigenvalue weighted by atomic mass is 14.6. The molecule has 4 rings (SSSR count). The molecule has 0 aromatic rings. The highest BCUT2D eigenvalue weighted by molar-refractivity contribution is 5.05. The van der Waals surface area contributed by atoms with Gasteiger partial charge in [-0.25, -0.2) is 0 Å². The van der Waals surface area contributed by atoms with Crippen LogP contribution in [0.1, 0.15) is 57.8 Å². The molecule has 4 aliphatic carbocycles. The van der Waals surface area contributed by atoms with Crippen molar-refractivity contribution in [2.75, 3.05) is 0 Å². The lowest BCUT2D eigenvalue weighted by molar-refractivity contribution is 0.189. The SMILES string of the molecule is C1CCC(C2CC3CC4CC3C2C4)CC1. The van der Waals surface area contributed by atoms with E-state index in [9.17, 15) is 0 Å². The van der Waals surface area contributed by atoms with E-state index in [-0.39, 0.29) is 0 Å². The molecule has 0 heterocycles. The van der Waals surface area contributed by atoms with E-state index in [0.717, 1.165) is 5.92 Å². The summed E-state index contributed by atoms with van der Waals surface area (Å²) >= 11 is 0. The maximum absolute atomic E-state index is 1.65. The minimum absolute atomic E-state index is 1.16. The quantitative estimate of drug-likeness (QED) is 0.599. The van der Waals surface area contributed by atoms with Crippen molar-refractivity contribution in [3.63, 3.8) is 0 Å². The van der Waals surface area contributed by atoms with Crippen molar-refractivity contribution >= 4 is 0 Å². The summed E-state index contributed by atoms with van der Waals surface area (Å²) in [6, 6.07) is 0. The average Bonchev–Trinajstić information content (AvgIpc) is 2.87. The summed E-state index contributed by atoms with van der Waals surface area (Å²) in [5.74, 6) is 7.14. The van der Waals surface area contributed by atoms with Crippen molar-refractivity contribution in [3.8, 4) is 0 Å². The second-order valence-corrected chi connectivity index (χ2v) is 6.96. The van der Waals surface area contributed by atoms with Crippen molar-refractivity contribution in [2.24, 2.45) is 35.5 Å². The summed E-state index contributed by atoms with van der Waals surface area (Å²) < 4.78 is 0. The Morgan fingerprint density at radius 2 is 1.27 bits per heavy atom. The predicted molar refractivity (Wildman–Crippen MR) is 62.5 cm³/mol. The first kappa shape index (κ1) is 9.07. The average molecular weight is 204 g/mol. The highest BCUT2D eigenvalue weighted by Crippen LogP contribution is 2.64. The van der Waals surface area contributed by atoms with Crippen molar-refractivity contribution < 1.29 is 0 Å². The lowest BCUT2D eigenvalue weighted by Gasteiger charge is -2.31. The van der Waals surface area contributed by atoms with Crippen LogP contribution in [0, 0.1) is 35.5 Å². The fraction of sp³-hybridized carbons (Fsp3) is 1.00. The third-order valence-electron chi connectivity index (χ3n) is 6.38. The molecule has 0 saturated heterocycles. The zero-order valence-electron chi connectivity index (χ0n) is 9.83. The van der Waals surface area contributed by atoms with Crippen LogP contribution in [0.15, 0.2) is 0 Å². The molecule has 5 atom stereocenters. The van der Waals surface area contributed by atoms with Crippen molar-refractivity contribution in [3.05, 3.63) is 0 Å². The Morgan fingerprint density at radius 3 is 2.00 bits per heavy atom. The minimum atomic E-state index is 1.16. The maximum Gasteiger partial charge on any atom is -0.0349 e. The Balaban J connectivity index is 1.53. The second kappa shape index (κ2) is 3.25. The number of rotatable bonds is 1. The normalized spacial score (nSPS) is 54.0. The van der Waals surface area contributed by atoms with E-state index in [0.29, 0.717) is 0 Å². The van der Waals surface area contributed by atoms with E-state index >= 15 is 0 Å². The number of hydrogen-bond donors (Lipinski definition) is 0. The van der Waals surface area contributed by atoms with Gasteiger partial charge in [-0.05, 0) is 61.2 Å². The van der Waals surface area contributed by atoms with Gasteiger partial charge in [0.15, 0.2) is 0 Å². The first-order chi connectivity index (χ1) is 7.42. The highest BCUT2D eigenvalue weighted by Gasteiger charge is 2.55. The molecule has 0 N–H and O–H groups in total. The molecule has 84 valence electrons. The molecule has 0 aliphatic heterocycles. The van der Waals surface area contributed by atoms with E-state index in [4.69, 9.17) is 0 Å². The van der Waals surface area contributed by atoms with Crippen molar-refractivity contribution in [2.45, 2.75) is 57.8 Å². The molecule has 0 radical (unpaired) electrons. The van der Waals surface area contributed by atoms with Gasteiger partial charge in [-0.3, -0.25) is 0 Å². The molecule has 4 fully saturated rings. The van der Waals surface area contributed by atoms with Crippen LogP contribution in [0.25, 0.3) is 0 Å². The third kappa shape index (κ3) is 1.26. The zero-order valence-corrected chi connectivity index (χ0v) is 9.83. The first-order valence-electron chi connectivity index (χ1n) is 7.42. The topological polar surface area (TPSA) is 0 Å². The van der Waals surface area contributed by atoms with Crippen LogP contribution in [0.3, 0.4) is 0 Å². The van der Waals surface area contributed by atoms with E-state index in [1.807, 2.05) is 0 Å². The summed E-state index contributed by atoms with van der Waals surface area (Å²) in [6.07, 6.45) is 14.4. The molecular formula is C15H24. The van der Waals surface area contributed by atoms with Gasteiger partial charge in [0.1, 0.15) is 0 Å². The lowest BCUT2D eigenvalue weighted by atomic mass is 9.74. The van der Waals surface area contributed by atoms with Gasteiger partial charge in [-0.1, -0.05) is 32.1 Å². The molecular weight excluding hydrogens is 180 g/mol. The van der Waals surface area contributed by atoms with Gasteiger partial charge in [0, 0.05) is 0 Å². The summed E-state index contributed by atoms with van der Waals surface area (Å²) in [4.78, 5) is 0. The van der Waals surface area contributed by atoms with Gasteiger partial charge in [-0.2, -0.15) is 0 Å². The summed E-state index contributed by atoms with van der Waals surface area (Å²) in [5, 5.41) is 0.